The molecule has 0 saturated heterocycles. The van der Waals surface area contributed by atoms with E-state index in [0.717, 1.165) is 11.3 Å². The highest BCUT2D eigenvalue weighted by Gasteiger charge is 2.13. The Morgan fingerprint density at radius 2 is 2.14 bits per heavy atom. The van der Waals surface area contributed by atoms with E-state index in [9.17, 15) is 10.1 Å². The van der Waals surface area contributed by atoms with Gasteiger partial charge in [0.25, 0.3) is 5.69 Å². The molecule has 2 aromatic carbocycles. The number of nitriles is 1. The molecule has 1 N–H and O–H groups in total. The molecule has 0 saturated carbocycles. The van der Waals surface area contributed by atoms with Gasteiger partial charge in [-0.1, -0.05) is 12.1 Å². The van der Waals surface area contributed by atoms with Crippen LogP contribution < -0.4 is 5.32 Å². The fraction of sp³-hybridized carbons (Fsp3) is 0.133. The Bertz CT molecular complexity index is 738. The molecule has 0 amide bonds. The van der Waals surface area contributed by atoms with Crippen LogP contribution in [0.2, 0.25) is 0 Å². The van der Waals surface area contributed by atoms with Crippen molar-refractivity contribution in [3.05, 3.63) is 67.7 Å². The number of benzene rings is 2. The number of nitrogens with zero attached hydrogens (tertiary/aromatic N) is 2. The minimum absolute atomic E-state index is 0.0823. The summed E-state index contributed by atoms with van der Waals surface area (Å²) < 4.78 is 0.635. The van der Waals surface area contributed by atoms with E-state index in [2.05, 4.69) is 27.3 Å². The second-order valence-electron chi connectivity index (χ2n) is 4.54. The van der Waals surface area contributed by atoms with Crippen molar-refractivity contribution < 1.29 is 4.92 Å². The topological polar surface area (TPSA) is 79.0 Å². The number of halogens is 1. The molecule has 2 aromatic rings. The first-order chi connectivity index (χ1) is 10.0. The van der Waals surface area contributed by atoms with Crippen molar-refractivity contribution >= 4 is 27.3 Å². The van der Waals surface area contributed by atoms with Crippen LogP contribution in [-0.4, -0.2) is 4.92 Å². The third kappa shape index (κ3) is 3.58. The van der Waals surface area contributed by atoms with Crippen LogP contribution in [0.25, 0.3) is 0 Å². The number of aryl methyl sites for hydroxylation is 1. The van der Waals surface area contributed by atoms with Crippen molar-refractivity contribution in [2.24, 2.45) is 0 Å². The van der Waals surface area contributed by atoms with Gasteiger partial charge in [-0.05, 0) is 46.6 Å². The largest absolute Gasteiger partial charge is 0.380 e. The van der Waals surface area contributed by atoms with Gasteiger partial charge in [-0.25, -0.2) is 0 Å². The number of hydrogen-bond acceptors (Lipinski definition) is 4. The van der Waals surface area contributed by atoms with Crippen molar-refractivity contribution in [3.8, 4) is 6.07 Å². The second kappa shape index (κ2) is 6.37. The Morgan fingerprint density at radius 1 is 1.38 bits per heavy atom. The highest BCUT2D eigenvalue weighted by Crippen LogP contribution is 2.30. The molecule has 0 aromatic heterocycles. The van der Waals surface area contributed by atoms with Crippen LogP contribution in [0.3, 0.4) is 0 Å². The van der Waals surface area contributed by atoms with Crippen molar-refractivity contribution in [1.82, 2.24) is 0 Å². The summed E-state index contributed by atoms with van der Waals surface area (Å²) in [7, 11) is 0. The predicted octanol–water partition coefficient (Wildman–Crippen LogP) is 4.15. The number of anilines is 1. The van der Waals surface area contributed by atoms with Crippen LogP contribution in [-0.2, 0) is 6.54 Å². The standard InChI is InChI=1S/C15H12BrN3O2/c1-10-5-14(13(16)7-15(10)19(20)21)18-9-12-4-2-3-11(6-12)8-17/h2-7,18H,9H2,1H3. The first-order valence-electron chi connectivity index (χ1n) is 6.18. The van der Waals surface area contributed by atoms with E-state index in [0.29, 0.717) is 22.1 Å². The van der Waals surface area contributed by atoms with Gasteiger partial charge in [0, 0.05) is 28.3 Å². The van der Waals surface area contributed by atoms with Gasteiger partial charge in [0.05, 0.1) is 16.6 Å². The molecule has 0 radical (unpaired) electrons. The van der Waals surface area contributed by atoms with Gasteiger partial charge in [0.1, 0.15) is 0 Å². The normalized spacial score (nSPS) is 9.95. The maximum Gasteiger partial charge on any atom is 0.273 e. The number of nitrogens with one attached hydrogen (secondary N) is 1. The predicted molar refractivity (Wildman–Crippen MR) is 84.0 cm³/mol. The van der Waals surface area contributed by atoms with Crippen LogP contribution >= 0.6 is 15.9 Å². The Labute approximate surface area is 130 Å². The summed E-state index contributed by atoms with van der Waals surface area (Å²) >= 11 is 3.33. The van der Waals surface area contributed by atoms with Crippen LogP contribution in [0.5, 0.6) is 0 Å². The Balaban J connectivity index is 2.19. The number of hydrogen-bond donors (Lipinski definition) is 1. The zero-order valence-electron chi connectivity index (χ0n) is 11.3. The maximum atomic E-state index is 10.9. The zero-order chi connectivity index (χ0) is 15.4. The summed E-state index contributed by atoms with van der Waals surface area (Å²) in [6, 6.07) is 12.6. The summed E-state index contributed by atoms with van der Waals surface area (Å²) in [5, 5.41) is 22.9. The third-order valence-electron chi connectivity index (χ3n) is 3.02. The molecular weight excluding hydrogens is 334 g/mol. The number of nitro groups is 1. The molecule has 0 fully saturated rings. The lowest BCUT2D eigenvalue weighted by molar-refractivity contribution is -0.385. The van der Waals surface area contributed by atoms with Gasteiger partial charge < -0.3 is 5.32 Å². The lowest BCUT2D eigenvalue weighted by atomic mass is 10.1. The number of rotatable bonds is 4. The molecule has 6 heteroatoms. The lowest BCUT2D eigenvalue weighted by Gasteiger charge is -2.10. The molecule has 0 unspecified atom stereocenters. The average molecular weight is 346 g/mol. The molecule has 0 aliphatic carbocycles. The van der Waals surface area contributed by atoms with Gasteiger partial charge in [0.15, 0.2) is 0 Å². The van der Waals surface area contributed by atoms with E-state index in [1.165, 1.54) is 6.07 Å². The molecule has 106 valence electrons. The quantitative estimate of drug-likeness (QED) is 0.666. The molecule has 0 aliphatic heterocycles. The SMILES string of the molecule is Cc1cc(NCc2cccc(C#N)c2)c(Br)cc1[N+](=O)[O-]. The summed E-state index contributed by atoms with van der Waals surface area (Å²) in [6.45, 7) is 2.23. The monoisotopic (exact) mass is 345 g/mol. The average Bonchev–Trinajstić information content (AvgIpc) is 2.47. The maximum absolute atomic E-state index is 10.9. The van der Waals surface area contributed by atoms with Gasteiger partial charge >= 0.3 is 0 Å². The van der Waals surface area contributed by atoms with Crippen molar-refractivity contribution in [3.63, 3.8) is 0 Å². The molecule has 0 bridgehead atoms. The van der Waals surface area contributed by atoms with E-state index in [1.54, 1.807) is 25.1 Å². The van der Waals surface area contributed by atoms with Gasteiger partial charge in [-0.3, -0.25) is 10.1 Å². The van der Waals surface area contributed by atoms with E-state index >= 15 is 0 Å². The molecule has 5 nitrogen and oxygen atoms in total. The number of nitro benzene ring substituents is 1. The molecular formula is C15H12BrN3O2. The van der Waals surface area contributed by atoms with E-state index in [-0.39, 0.29) is 5.69 Å². The highest BCUT2D eigenvalue weighted by molar-refractivity contribution is 9.10. The molecule has 0 heterocycles. The summed E-state index contributed by atoms with van der Waals surface area (Å²) in [5.41, 5.74) is 3.03. The molecule has 0 atom stereocenters. The van der Waals surface area contributed by atoms with Crippen LogP contribution in [0.4, 0.5) is 11.4 Å². The van der Waals surface area contributed by atoms with Gasteiger partial charge in [-0.2, -0.15) is 5.26 Å². The summed E-state index contributed by atoms with van der Waals surface area (Å²) in [6.07, 6.45) is 0. The highest BCUT2D eigenvalue weighted by atomic mass is 79.9. The first kappa shape index (κ1) is 15.0. The zero-order valence-corrected chi connectivity index (χ0v) is 12.8. The third-order valence-corrected chi connectivity index (χ3v) is 3.68. The van der Waals surface area contributed by atoms with Gasteiger partial charge in [-0.15, -0.1) is 0 Å². The Hall–Kier alpha value is -2.39. The molecule has 0 aliphatic rings. The minimum Gasteiger partial charge on any atom is -0.380 e. The van der Waals surface area contributed by atoms with E-state index in [4.69, 9.17) is 5.26 Å². The van der Waals surface area contributed by atoms with Gasteiger partial charge in [0.2, 0.25) is 0 Å². The Kier molecular flexibility index (Phi) is 4.55. The first-order valence-corrected chi connectivity index (χ1v) is 6.98. The van der Waals surface area contributed by atoms with Crippen LogP contribution in [0, 0.1) is 28.4 Å². The van der Waals surface area contributed by atoms with Crippen molar-refractivity contribution in [2.75, 3.05) is 5.32 Å². The lowest BCUT2D eigenvalue weighted by Crippen LogP contribution is -2.02. The minimum atomic E-state index is -0.403. The van der Waals surface area contributed by atoms with Crippen LogP contribution in [0.15, 0.2) is 40.9 Å². The smallest absolute Gasteiger partial charge is 0.273 e. The molecule has 0 spiro atoms. The Morgan fingerprint density at radius 3 is 2.81 bits per heavy atom. The van der Waals surface area contributed by atoms with Crippen molar-refractivity contribution in [2.45, 2.75) is 13.5 Å². The molecule has 2 rings (SSSR count). The summed E-state index contributed by atoms with van der Waals surface area (Å²) in [5.74, 6) is 0. The van der Waals surface area contributed by atoms with Crippen LogP contribution in [0.1, 0.15) is 16.7 Å². The summed E-state index contributed by atoms with van der Waals surface area (Å²) in [4.78, 5) is 10.5. The fourth-order valence-electron chi connectivity index (χ4n) is 1.95. The van der Waals surface area contributed by atoms with E-state index in [1.807, 2.05) is 12.1 Å². The molecule has 21 heavy (non-hydrogen) atoms. The second-order valence-corrected chi connectivity index (χ2v) is 5.40. The fourth-order valence-corrected chi connectivity index (χ4v) is 2.42. The van der Waals surface area contributed by atoms with Crippen molar-refractivity contribution in [1.29, 1.82) is 5.26 Å². The van der Waals surface area contributed by atoms with E-state index < -0.39 is 4.92 Å².